The van der Waals surface area contributed by atoms with Gasteiger partial charge in [0.05, 0.1) is 4.91 Å². The molecular formula is C17H9F2NO2S2. The quantitative estimate of drug-likeness (QED) is 0.460. The summed E-state index contributed by atoms with van der Waals surface area (Å²) in [5.41, 5.74) is 0.368. The average molecular weight is 361 g/mol. The van der Waals surface area contributed by atoms with Gasteiger partial charge in [-0.15, -0.1) is 0 Å². The van der Waals surface area contributed by atoms with Crippen LogP contribution in [0.2, 0.25) is 0 Å². The third-order valence-electron chi connectivity index (χ3n) is 3.28. The van der Waals surface area contributed by atoms with Crippen LogP contribution >= 0.6 is 24.0 Å². The van der Waals surface area contributed by atoms with Crippen molar-refractivity contribution in [2.75, 3.05) is 0 Å². The molecule has 1 saturated heterocycles. The molecule has 0 bridgehead atoms. The first-order valence-corrected chi connectivity index (χ1v) is 8.02. The van der Waals surface area contributed by atoms with Gasteiger partial charge in [-0.25, -0.2) is 13.7 Å². The Hall–Kier alpha value is -2.38. The van der Waals surface area contributed by atoms with Gasteiger partial charge in [-0.05, 0) is 36.4 Å². The third-order valence-corrected chi connectivity index (χ3v) is 4.58. The predicted octanol–water partition coefficient (Wildman–Crippen LogP) is 4.01. The minimum atomic E-state index is -0.644. The minimum absolute atomic E-state index is 0.0527. The molecule has 2 aromatic carbocycles. The van der Waals surface area contributed by atoms with Crippen LogP contribution in [0.25, 0.3) is 6.08 Å². The summed E-state index contributed by atoms with van der Waals surface area (Å²) in [7, 11) is 0. The van der Waals surface area contributed by atoms with Crippen molar-refractivity contribution >= 4 is 46.2 Å². The van der Waals surface area contributed by atoms with E-state index in [0.29, 0.717) is 0 Å². The molecule has 2 amide bonds. The second-order valence-electron chi connectivity index (χ2n) is 4.85. The Morgan fingerprint density at radius 1 is 1.08 bits per heavy atom. The lowest BCUT2D eigenvalue weighted by Gasteiger charge is -2.12. The highest BCUT2D eigenvalue weighted by Gasteiger charge is 2.37. The van der Waals surface area contributed by atoms with E-state index in [-0.39, 0.29) is 20.4 Å². The van der Waals surface area contributed by atoms with Gasteiger partial charge in [0.2, 0.25) is 0 Å². The van der Waals surface area contributed by atoms with Crippen LogP contribution in [0.5, 0.6) is 0 Å². The van der Waals surface area contributed by atoms with Crippen LogP contribution in [0.3, 0.4) is 0 Å². The third kappa shape index (κ3) is 3.13. The Labute approximate surface area is 146 Å². The van der Waals surface area contributed by atoms with E-state index in [1.165, 1.54) is 36.4 Å². The largest absolute Gasteiger partial charge is 0.273 e. The van der Waals surface area contributed by atoms with E-state index in [4.69, 9.17) is 12.2 Å². The maximum absolute atomic E-state index is 13.7. The van der Waals surface area contributed by atoms with Crippen LogP contribution in [0.15, 0.2) is 53.4 Å². The Bertz CT molecular complexity index is 878. The fourth-order valence-corrected chi connectivity index (χ4v) is 3.34. The van der Waals surface area contributed by atoms with Crippen molar-refractivity contribution < 1.29 is 18.4 Å². The van der Waals surface area contributed by atoms with Crippen molar-refractivity contribution in [1.29, 1.82) is 0 Å². The molecule has 2 aromatic rings. The van der Waals surface area contributed by atoms with Gasteiger partial charge in [0.25, 0.3) is 11.8 Å². The summed E-state index contributed by atoms with van der Waals surface area (Å²) < 4.78 is 26.7. The Morgan fingerprint density at radius 3 is 2.42 bits per heavy atom. The first-order chi connectivity index (χ1) is 11.5. The van der Waals surface area contributed by atoms with Gasteiger partial charge in [0.15, 0.2) is 4.32 Å². The van der Waals surface area contributed by atoms with Gasteiger partial charge in [0.1, 0.15) is 11.6 Å². The Kier molecular flexibility index (Phi) is 4.55. The van der Waals surface area contributed by atoms with E-state index >= 15 is 0 Å². The number of carbonyl (C=O) groups excluding carboxylic acids is 2. The number of nitrogens with zero attached hydrogens (tertiary/aromatic N) is 1. The Morgan fingerprint density at radius 2 is 1.75 bits per heavy atom. The first kappa shape index (κ1) is 16.5. The fraction of sp³-hybridized carbons (Fsp3) is 0. The molecule has 1 fully saturated rings. The lowest BCUT2D eigenvalue weighted by Crippen LogP contribution is -2.34. The Balaban J connectivity index is 1.91. The maximum Gasteiger partial charge on any atom is 0.273 e. The molecule has 0 aliphatic carbocycles. The number of amides is 2. The first-order valence-electron chi connectivity index (χ1n) is 6.80. The summed E-state index contributed by atoms with van der Waals surface area (Å²) in [5.74, 6) is -2.24. The van der Waals surface area contributed by atoms with Gasteiger partial charge in [-0.1, -0.05) is 42.2 Å². The molecule has 3 rings (SSSR count). The number of hydrogen-bond acceptors (Lipinski definition) is 4. The molecule has 3 nitrogen and oxygen atoms in total. The molecule has 1 aliphatic heterocycles. The number of benzene rings is 2. The molecule has 1 aliphatic rings. The molecule has 0 saturated carbocycles. The molecule has 0 aromatic heterocycles. The normalized spacial score (nSPS) is 16.1. The van der Waals surface area contributed by atoms with Crippen molar-refractivity contribution in [2.45, 2.75) is 0 Å². The molecule has 7 heteroatoms. The van der Waals surface area contributed by atoms with Gasteiger partial charge >= 0.3 is 0 Å². The summed E-state index contributed by atoms with van der Waals surface area (Å²) in [4.78, 5) is 25.9. The standard InChI is InChI=1S/C17H9F2NO2S2/c18-12-7-5-10(6-8-12)15(21)20-16(22)14(24-17(20)23)9-11-3-1-2-4-13(11)19/h1-9H. The maximum atomic E-state index is 13.7. The molecule has 1 heterocycles. The van der Waals surface area contributed by atoms with E-state index in [1.807, 2.05) is 0 Å². The summed E-state index contributed by atoms with van der Waals surface area (Å²) in [5, 5.41) is 0. The van der Waals surface area contributed by atoms with E-state index in [2.05, 4.69) is 0 Å². The summed E-state index contributed by atoms with van der Waals surface area (Å²) in [6.07, 6.45) is 1.35. The van der Waals surface area contributed by atoms with Crippen LogP contribution in [0, 0.1) is 11.6 Å². The van der Waals surface area contributed by atoms with E-state index < -0.39 is 23.4 Å². The molecular weight excluding hydrogens is 352 g/mol. The highest BCUT2D eigenvalue weighted by Crippen LogP contribution is 2.33. The molecule has 120 valence electrons. The van der Waals surface area contributed by atoms with Gasteiger partial charge in [0, 0.05) is 11.1 Å². The number of carbonyl (C=O) groups is 2. The number of thioether (sulfide) groups is 1. The van der Waals surface area contributed by atoms with Crippen molar-refractivity contribution in [3.63, 3.8) is 0 Å². The fourth-order valence-electron chi connectivity index (χ4n) is 2.10. The molecule has 0 radical (unpaired) electrons. The molecule has 0 unspecified atom stereocenters. The lowest BCUT2D eigenvalue weighted by molar-refractivity contribution is -0.120. The summed E-state index contributed by atoms with van der Waals surface area (Å²) in [6, 6.07) is 10.8. The number of rotatable bonds is 2. The lowest BCUT2D eigenvalue weighted by atomic mass is 10.2. The van der Waals surface area contributed by atoms with Crippen molar-refractivity contribution in [1.82, 2.24) is 4.90 Å². The van der Waals surface area contributed by atoms with E-state index in [1.54, 1.807) is 6.07 Å². The zero-order chi connectivity index (χ0) is 17.3. The van der Waals surface area contributed by atoms with Crippen LogP contribution in [-0.4, -0.2) is 21.0 Å². The van der Waals surface area contributed by atoms with Crippen molar-refractivity contribution in [3.8, 4) is 0 Å². The molecule has 0 N–H and O–H groups in total. The summed E-state index contributed by atoms with van der Waals surface area (Å²) >= 11 is 6.00. The SMILES string of the molecule is O=C1C(=Cc2ccccc2F)SC(=S)N1C(=O)c1ccc(F)cc1. The highest BCUT2D eigenvalue weighted by molar-refractivity contribution is 8.26. The minimum Gasteiger partial charge on any atom is -0.268 e. The number of halogens is 2. The second kappa shape index (κ2) is 6.62. The smallest absolute Gasteiger partial charge is 0.268 e. The highest BCUT2D eigenvalue weighted by atomic mass is 32.2. The molecule has 0 atom stereocenters. The van der Waals surface area contributed by atoms with E-state index in [0.717, 1.165) is 28.8 Å². The monoisotopic (exact) mass is 361 g/mol. The average Bonchev–Trinajstić information content (AvgIpc) is 2.84. The van der Waals surface area contributed by atoms with Gasteiger partial charge < -0.3 is 0 Å². The van der Waals surface area contributed by atoms with E-state index in [9.17, 15) is 18.4 Å². The van der Waals surface area contributed by atoms with Crippen LogP contribution in [0.4, 0.5) is 8.78 Å². The second-order valence-corrected chi connectivity index (χ2v) is 6.53. The van der Waals surface area contributed by atoms with Crippen molar-refractivity contribution in [2.24, 2.45) is 0 Å². The number of imide groups is 1. The molecule has 0 spiro atoms. The zero-order valence-electron chi connectivity index (χ0n) is 12.0. The number of hydrogen-bond donors (Lipinski definition) is 0. The topological polar surface area (TPSA) is 37.4 Å². The number of thiocarbonyl (C=S) groups is 1. The van der Waals surface area contributed by atoms with Gasteiger partial charge in [-0.2, -0.15) is 0 Å². The molecule has 24 heavy (non-hydrogen) atoms. The zero-order valence-corrected chi connectivity index (χ0v) is 13.7. The summed E-state index contributed by atoms with van der Waals surface area (Å²) in [6.45, 7) is 0. The van der Waals surface area contributed by atoms with Crippen LogP contribution < -0.4 is 0 Å². The van der Waals surface area contributed by atoms with Crippen LogP contribution in [0.1, 0.15) is 15.9 Å². The van der Waals surface area contributed by atoms with Crippen LogP contribution in [-0.2, 0) is 4.79 Å². The predicted molar refractivity (Wildman–Crippen MR) is 92.1 cm³/mol. The van der Waals surface area contributed by atoms with Crippen molar-refractivity contribution in [3.05, 3.63) is 76.2 Å². The van der Waals surface area contributed by atoms with Gasteiger partial charge in [-0.3, -0.25) is 9.59 Å².